The first-order valence-corrected chi connectivity index (χ1v) is 7.18. The topological polar surface area (TPSA) is 89.3 Å². The molecule has 1 aromatic carbocycles. The van der Waals surface area contributed by atoms with E-state index in [0.29, 0.717) is 6.42 Å². The highest BCUT2D eigenvalue weighted by Gasteiger charge is 2.22. The number of hydrogen-bond donors (Lipinski definition) is 2. The van der Waals surface area contributed by atoms with Crippen LogP contribution in [-0.4, -0.2) is 20.4 Å². The third kappa shape index (κ3) is 4.12. The number of hydrogen-bond acceptors (Lipinski definition) is 4. The first-order valence-electron chi connectivity index (χ1n) is 5.70. The van der Waals surface area contributed by atoms with Crippen LogP contribution in [-0.2, 0) is 14.8 Å². The summed E-state index contributed by atoms with van der Waals surface area (Å²) >= 11 is 0. The SMILES string of the molecule is CC(C)CC(N)C(=O)NS(=O)(=O)c1ccccc1. The summed E-state index contributed by atoms with van der Waals surface area (Å²) in [4.78, 5) is 11.7. The highest BCUT2D eigenvalue weighted by molar-refractivity contribution is 7.90. The Morgan fingerprint density at radius 3 is 2.33 bits per heavy atom. The molecule has 0 aliphatic heterocycles. The number of carbonyl (C=O) groups excluding carboxylic acids is 1. The van der Waals surface area contributed by atoms with E-state index in [2.05, 4.69) is 0 Å². The quantitative estimate of drug-likeness (QED) is 0.830. The van der Waals surface area contributed by atoms with Crippen LogP contribution in [0.25, 0.3) is 0 Å². The molecule has 0 radical (unpaired) electrons. The van der Waals surface area contributed by atoms with E-state index in [0.717, 1.165) is 0 Å². The Morgan fingerprint density at radius 1 is 1.28 bits per heavy atom. The summed E-state index contributed by atoms with van der Waals surface area (Å²) in [5, 5.41) is 0. The van der Waals surface area contributed by atoms with E-state index in [4.69, 9.17) is 5.73 Å². The standard InChI is InChI=1S/C12H18N2O3S/c1-9(2)8-11(13)12(15)14-18(16,17)10-6-4-3-5-7-10/h3-7,9,11H,8,13H2,1-2H3,(H,14,15). The summed E-state index contributed by atoms with van der Waals surface area (Å²) in [6.07, 6.45) is 0.441. The fourth-order valence-corrected chi connectivity index (χ4v) is 2.53. The number of benzene rings is 1. The van der Waals surface area contributed by atoms with Crippen LogP contribution in [0, 0.1) is 5.92 Å². The third-order valence-corrected chi connectivity index (χ3v) is 3.71. The van der Waals surface area contributed by atoms with Crippen LogP contribution in [0.2, 0.25) is 0 Å². The molecular formula is C12H18N2O3S. The van der Waals surface area contributed by atoms with Gasteiger partial charge in [0.2, 0.25) is 0 Å². The van der Waals surface area contributed by atoms with Gasteiger partial charge >= 0.3 is 0 Å². The number of nitrogens with one attached hydrogen (secondary N) is 1. The molecule has 1 amide bonds. The number of rotatable bonds is 5. The van der Waals surface area contributed by atoms with Crippen LogP contribution in [0.5, 0.6) is 0 Å². The first-order chi connectivity index (χ1) is 8.33. The van der Waals surface area contributed by atoms with Crippen LogP contribution >= 0.6 is 0 Å². The molecule has 0 spiro atoms. The van der Waals surface area contributed by atoms with Gasteiger partial charge < -0.3 is 5.73 Å². The van der Waals surface area contributed by atoms with Crippen LogP contribution < -0.4 is 10.5 Å². The predicted octanol–water partition coefficient (Wildman–Crippen LogP) is 0.865. The smallest absolute Gasteiger partial charge is 0.264 e. The maximum Gasteiger partial charge on any atom is 0.264 e. The van der Waals surface area contributed by atoms with Gasteiger partial charge in [0.15, 0.2) is 0 Å². The van der Waals surface area contributed by atoms with Crippen molar-refractivity contribution in [1.82, 2.24) is 4.72 Å². The van der Waals surface area contributed by atoms with Gasteiger partial charge in [-0.05, 0) is 24.5 Å². The molecule has 0 bridgehead atoms. The van der Waals surface area contributed by atoms with E-state index < -0.39 is 22.0 Å². The lowest BCUT2D eigenvalue weighted by molar-refractivity contribution is -0.120. The van der Waals surface area contributed by atoms with Crippen molar-refractivity contribution in [3.8, 4) is 0 Å². The van der Waals surface area contributed by atoms with E-state index in [-0.39, 0.29) is 10.8 Å². The second-order valence-corrected chi connectivity index (χ2v) is 6.20. The van der Waals surface area contributed by atoms with E-state index in [9.17, 15) is 13.2 Å². The Hall–Kier alpha value is -1.40. The monoisotopic (exact) mass is 270 g/mol. The van der Waals surface area contributed by atoms with Gasteiger partial charge in [-0.3, -0.25) is 4.79 Å². The Balaban J connectivity index is 2.76. The lowest BCUT2D eigenvalue weighted by Crippen LogP contribution is -2.43. The predicted molar refractivity (Wildman–Crippen MR) is 69.2 cm³/mol. The molecule has 0 aliphatic carbocycles. The highest BCUT2D eigenvalue weighted by Crippen LogP contribution is 2.08. The van der Waals surface area contributed by atoms with Gasteiger partial charge in [0.1, 0.15) is 0 Å². The van der Waals surface area contributed by atoms with Crippen molar-refractivity contribution in [2.75, 3.05) is 0 Å². The van der Waals surface area contributed by atoms with Crippen molar-refractivity contribution in [3.05, 3.63) is 30.3 Å². The van der Waals surface area contributed by atoms with Gasteiger partial charge in [-0.2, -0.15) is 0 Å². The molecule has 18 heavy (non-hydrogen) atoms. The number of sulfonamides is 1. The average molecular weight is 270 g/mol. The van der Waals surface area contributed by atoms with Gasteiger partial charge in [0.05, 0.1) is 10.9 Å². The lowest BCUT2D eigenvalue weighted by Gasteiger charge is -2.14. The number of nitrogens with two attached hydrogens (primary N) is 1. The zero-order chi connectivity index (χ0) is 13.8. The van der Waals surface area contributed by atoms with Crippen molar-refractivity contribution in [3.63, 3.8) is 0 Å². The first kappa shape index (κ1) is 14.7. The van der Waals surface area contributed by atoms with Crippen LogP contribution in [0.1, 0.15) is 20.3 Å². The molecule has 1 rings (SSSR count). The zero-order valence-electron chi connectivity index (χ0n) is 10.5. The third-order valence-electron chi connectivity index (χ3n) is 2.35. The van der Waals surface area contributed by atoms with Crippen LogP contribution in [0.3, 0.4) is 0 Å². The van der Waals surface area contributed by atoms with Crippen molar-refractivity contribution >= 4 is 15.9 Å². The zero-order valence-corrected chi connectivity index (χ0v) is 11.3. The molecule has 0 aliphatic rings. The minimum Gasteiger partial charge on any atom is -0.320 e. The maximum absolute atomic E-state index is 11.8. The fraction of sp³-hybridized carbons (Fsp3) is 0.417. The molecule has 100 valence electrons. The minimum absolute atomic E-state index is 0.0510. The molecular weight excluding hydrogens is 252 g/mol. The summed E-state index contributed by atoms with van der Waals surface area (Å²) in [5.74, 6) is -0.447. The molecule has 3 N–H and O–H groups in total. The van der Waals surface area contributed by atoms with E-state index >= 15 is 0 Å². The summed E-state index contributed by atoms with van der Waals surface area (Å²) in [6, 6.07) is 6.90. The highest BCUT2D eigenvalue weighted by atomic mass is 32.2. The molecule has 6 heteroatoms. The van der Waals surface area contributed by atoms with Crippen molar-refractivity contribution in [2.45, 2.75) is 31.2 Å². The molecule has 5 nitrogen and oxygen atoms in total. The average Bonchev–Trinajstić information content (AvgIpc) is 2.28. The maximum atomic E-state index is 11.8. The minimum atomic E-state index is -3.82. The van der Waals surface area contributed by atoms with E-state index in [1.54, 1.807) is 18.2 Å². The van der Waals surface area contributed by atoms with Gasteiger partial charge in [-0.25, -0.2) is 13.1 Å². The van der Waals surface area contributed by atoms with E-state index in [1.807, 2.05) is 18.6 Å². The second kappa shape index (κ2) is 5.97. The van der Waals surface area contributed by atoms with E-state index in [1.165, 1.54) is 12.1 Å². The number of amides is 1. The second-order valence-electron chi connectivity index (χ2n) is 4.52. The van der Waals surface area contributed by atoms with Crippen molar-refractivity contribution < 1.29 is 13.2 Å². The van der Waals surface area contributed by atoms with Crippen LogP contribution in [0.4, 0.5) is 0 Å². The Labute approximate surface area is 107 Å². The molecule has 1 unspecified atom stereocenters. The van der Waals surface area contributed by atoms with Gasteiger partial charge in [-0.1, -0.05) is 32.0 Å². The largest absolute Gasteiger partial charge is 0.320 e. The van der Waals surface area contributed by atoms with Gasteiger partial charge in [0.25, 0.3) is 15.9 Å². The molecule has 0 heterocycles. The normalized spacial score (nSPS) is 13.3. The molecule has 0 aromatic heterocycles. The summed E-state index contributed by atoms with van der Waals surface area (Å²) < 4.78 is 25.7. The summed E-state index contributed by atoms with van der Waals surface area (Å²) in [5.41, 5.74) is 5.63. The van der Waals surface area contributed by atoms with Gasteiger partial charge in [0, 0.05) is 0 Å². The van der Waals surface area contributed by atoms with Gasteiger partial charge in [-0.15, -0.1) is 0 Å². The Morgan fingerprint density at radius 2 is 1.83 bits per heavy atom. The molecule has 0 saturated heterocycles. The molecule has 1 aromatic rings. The Bertz CT molecular complexity index is 497. The molecule has 0 saturated carbocycles. The summed E-state index contributed by atoms with van der Waals surface area (Å²) in [7, 11) is -3.82. The van der Waals surface area contributed by atoms with Crippen molar-refractivity contribution in [2.24, 2.45) is 11.7 Å². The molecule has 1 atom stereocenters. The van der Waals surface area contributed by atoms with Crippen molar-refractivity contribution in [1.29, 1.82) is 0 Å². The molecule has 0 fully saturated rings. The Kier molecular flexibility index (Phi) is 4.86. The number of carbonyl (C=O) groups is 1. The summed E-state index contributed by atoms with van der Waals surface area (Å²) in [6.45, 7) is 3.83. The lowest BCUT2D eigenvalue weighted by atomic mass is 10.0. The fourth-order valence-electron chi connectivity index (χ4n) is 1.48. The van der Waals surface area contributed by atoms with Crippen LogP contribution in [0.15, 0.2) is 35.2 Å².